The lowest BCUT2D eigenvalue weighted by Crippen LogP contribution is -2.50. The highest BCUT2D eigenvalue weighted by Gasteiger charge is 2.38. The lowest BCUT2D eigenvalue weighted by Gasteiger charge is -2.37. The third kappa shape index (κ3) is 6.18. The molecule has 10 heteroatoms. The Hall–Kier alpha value is -2.97. The first-order valence-electron chi connectivity index (χ1n) is 11.3. The van der Waals surface area contributed by atoms with Crippen molar-refractivity contribution < 1.29 is 28.2 Å². The first kappa shape index (κ1) is 26.6. The Kier molecular flexibility index (Phi) is 8.51. The van der Waals surface area contributed by atoms with Gasteiger partial charge in [-0.15, -0.1) is 0 Å². The van der Waals surface area contributed by atoms with Crippen molar-refractivity contribution in [3.8, 4) is 17.6 Å². The molecule has 1 aromatic carbocycles. The molecule has 0 unspecified atom stereocenters. The van der Waals surface area contributed by atoms with Crippen LogP contribution in [0.4, 0.5) is 0 Å². The van der Waals surface area contributed by atoms with Crippen LogP contribution >= 0.6 is 0 Å². The van der Waals surface area contributed by atoms with E-state index in [1.54, 1.807) is 44.6 Å². The third-order valence-corrected chi connectivity index (χ3v) is 7.84. The lowest BCUT2D eigenvalue weighted by molar-refractivity contribution is 0.0563. The Morgan fingerprint density at radius 3 is 2.60 bits per heavy atom. The molecule has 0 saturated carbocycles. The quantitative estimate of drug-likeness (QED) is 0.594. The van der Waals surface area contributed by atoms with E-state index in [1.807, 2.05) is 6.92 Å². The molecule has 2 heterocycles. The van der Waals surface area contributed by atoms with Crippen molar-refractivity contribution >= 4 is 15.9 Å². The van der Waals surface area contributed by atoms with E-state index in [9.17, 15) is 23.4 Å². The van der Waals surface area contributed by atoms with E-state index in [4.69, 9.17) is 4.74 Å². The molecule has 0 bridgehead atoms. The molecule has 1 aliphatic heterocycles. The number of aromatic nitrogens is 1. The van der Waals surface area contributed by atoms with Crippen molar-refractivity contribution in [3.05, 3.63) is 53.9 Å². The minimum atomic E-state index is -3.98. The Bertz CT molecular complexity index is 1210. The second-order valence-electron chi connectivity index (χ2n) is 8.77. The van der Waals surface area contributed by atoms with E-state index in [0.29, 0.717) is 11.1 Å². The standard InChI is InChI=1S/C25H31N3O6S/c1-17-14-28(18(2)16-29)35(32,33)24-8-7-20(6-5-19(3)30)13-22(24)34-23(17)15-27(4)25(31)21-9-11-26-12-10-21/h7-13,17-19,23,29-30H,14-16H2,1-4H3/t17-,18+,19+,23+/m0/s1. The number of fused-ring (bicyclic) bond motifs is 1. The summed E-state index contributed by atoms with van der Waals surface area (Å²) in [7, 11) is -2.32. The summed E-state index contributed by atoms with van der Waals surface area (Å²) in [4.78, 5) is 18.3. The molecular formula is C25H31N3O6S. The van der Waals surface area contributed by atoms with Crippen molar-refractivity contribution in [2.45, 2.75) is 43.9 Å². The monoisotopic (exact) mass is 501 g/mol. The predicted molar refractivity (Wildman–Crippen MR) is 130 cm³/mol. The summed E-state index contributed by atoms with van der Waals surface area (Å²) in [6, 6.07) is 7.10. The molecule has 35 heavy (non-hydrogen) atoms. The zero-order valence-corrected chi connectivity index (χ0v) is 21.1. The van der Waals surface area contributed by atoms with E-state index in [2.05, 4.69) is 16.8 Å². The number of ether oxygens (including phenoxy) is 1. The highest BCUT2D eigenvalue weighted by atomic mass is 32.2. The van der Waals surface area contributed by atoms with E-state index in [1.165, 1.54) is 28.3 Å². The maximum atomic E-state index is 13.5. The summed E-state index contributed by atoms with van der Waals surface area (Å²) in [5.41, 5.74) is 0.963. The van der Waals surface area contributed by atoms with Gasteiger partial charge >= 0.3 is 0 Å². The fraction of sp³-hybridized carbons (Fsp3) is 0.440. The van der Waals surface area contributed by atoms with Crippen molar-refractivity contribution in [2.75, 3.05) is 26.7 Å². The molecular weight excluding hydrogens is 470 g/mol. The molecule has 0 aliphatic carbocycles. The van der Waals surface area contributed by atoms with Gasteiger partial charge in [-0.2, -0.15) is 4.31 Å². The molecule has 2 aromatic rings. The topological polar surface area (TPSA) is 120 Å². The number of aliphatic hydroxyl groups excluding tert-OH is 2. The van der Waals surface area contributed by atoms with Crippen LogP contribution in [-0.2, 0) is 10.0 Å². The van der Waals surface area contributed by atoms with Crippen LogP contribution < -0.4 is 4.74 Å². The van der Waals surface area contributed by atoms with Crippen molar-refractivity contribution in [2.24, 2.45) is 5.92 Å². The van der Waals surface area contributed by atoms with Gasteiger partial charge in [0.1, 0.15) is 22.9 Å². The van der Waals surface area contributed by atoms with Crippen LogP contribution in [0.3, 0.4) is 0 Å². The van der Waals surface area contributed by atoms with Gasteiger partial charge in [-0.05, 0) is 44.2 Å². The zero-order valence-electron chi connectivity index (χ0n) is 20.2. The summed E-state index contributed by atoms with van der Waals surface area (Å²) in [5, 5.41) is 19.2. The normalized spacial score (nSPS) is 21.2. The predicted octanol–water partition coefficient (Wildman–Crippen LogP) is 1.35. The summed E-state index contributed by atoms with van der Waals surface area (Å²) in [6.45, 7) is 4.99. The molecule has 188 valence electrons. The maximum Gasteiger partial charge on any atom is 0.253 e. The number of amides is 1. The SMILES string of the molecule is C[C@H](CO)N1C[C@H](C)[C@@H](CN(C)C(=O)c2ccncc2)Oc2cc(C#C[C@@H](C)O)ccc2S1(=O)=O. The molecule has 1 amide bonds. The zero-order chi connectivity index (χ0) is 25.8. The summed E-state index contributed by atoms with van der Waals surface area (Å²) in [5.74, 6) is 5.03. The third-order valence-electron chi connectivity index (χ3n) is 5.82. The fourth-order valence-corrected chi connectivity index (χ4v) is 5.60. The van der Waals surface area contributed by atoms with Crippen molar-refractivity contribution in [3.63, 3.8) is 0 Å². The number of pyridine rings is 1. The van der Waals surface area contributed by atoms with Crippen LogP contribution in [0.5, 0.6) is 5.75 Å². The minimum absolute atomic E-state index is 0.0413. The van der Waals surface area contributed by atoms with Crippen LogP contribution in [0.2, 0.25) is 0 Å². The average molecular weight is 502 g/mol. The van der Waals surface area contributed by atoms with Crippen LogP contribution in [0.1, 0.15) is 36.7 Å². The van der Waals surface area contributed by atoms with Crippen molar-refractivity contribution in [1.82, 2.24) is 14.2 Å². The number of hydrogen-bond acceptors (Lipinski definition) is 7. The molecule has 0 radical (unpaired) electrons. The van der Waals surface area contributed by atoms with Gasteiger partial charge in [0.25, 0.3) is 5.91 Å². The Labute approximate surface area is 206 Å². The van der Waals surface area contributed by atoms with Crippen LogP contribution in [0.15, 0.2) is 47.6 Å². The molecule has 1 aliphatic rings. The number of sulfonamides is 1. The van der Waals surface area contributed by atoms with Crippen molar-refractivity contribution in [1.29, 1.82) is 0 Å². The molecule has 0 spiro atoms. The Morgan fingerprint density at radius 1 is 1.29 bits per heavy atom. The van der Waals surface area contributed by atoms with E-state index >= 15 is 0 Å². The number of hydrogen-bond donors (Lipinski definition) is 2. The van der Waals surface area contributed by atoms with Gasteiger partial charge in [0.05, 0.1) is 13.2 Å². The number of aliphatic hydroxyl groups is 2. The molecule has 3 rings (SSSR count). The van der Waals surface area contributed by atoms with Gasteiger partial charge in [-0.25, -0.2) is 8.42 Å². The minimum Gasteiger partial charge on any atom is -0.487 e. The van der Waals surface area contributed by atoms with E-state index in [0.717, 1.165) is 0 Å². The van der Waals surface area contributed by atoms with Gasteiger partial charge in [-0.3, -0.25) is 9.78 Å². The molecule has 0 saturated heterocycles. The van der Waals surface area contributed by atoms with Gasteiger partial charge in [0.2, 0.25) is 10.0 Å². The second kappa shape index (κ2) is 11.2. The summed E-state index contributed by atoms with van der Waals surface area (Å²) in [6.07, 6.45) is 1.69. The smallest absolute Gasteiger partial charge is 0.253 e. The number of carbonyl (C=O) groups is 1. The van der Waals surface area contributed by atoms with E-state index in [-0.39, 0.29) is 42.2 Å². The highest BCUT2D eigenvalue weighted by Crippen LogP contribution is 2.34. The van der Waals surface area contributed by atoms with Gasteiger partial charge < -0.3 is 19.8 Å². The first-order chi connectivity index (χ1) is 16.5. The number of rotatable bonds is 5. The van der Waals surface area contributed by atoms with Gasteiger partial charge in [-0.1, -0.05) is 18.8 Å². The first-order valence-corrected chi connectivity index (χ1v) is 12.8. The average Bonchev–Trinajstić information content (AvgIpc) is 2.84. The van der Waals surface area contributed by atoms with Crippen LogP contribution in [0, 0.1) is 17.8 Å². The summed E-state index contributed by atoms with van der Waals surface area (Å²) >= 11 is 0. The Morgan fingerprint density at radius 2 is 1.97 bits per heavy atom. The molecule has 1 aromatic heterocycles. The second-order valence-corrected chi connectivity index (χ2v) is 10.6. The highest BCUT2D eigenvalue weighted by molar-refractivity contribution is 7.89. The van der Waals surface area contributed by atoms with Gasteiger partial charge in [0.15, 0.2) is 0 Å². The number of nitrogens with zero attached hydrogens (tertiary/aromatic N) is 3. The van der Waals surface area contributed by atoms with Gasteiger partial charge in [0, 0.05) is 49.1 Å². The maximum absolute atomic E-state index is 13.5. The number of carbonyl (C=O) groups excluding carboxylic acids is 1. The fourth-order valence-electron chi connectivity index (χ4n) is 3.78. The molecule has 0 fully saturated rings. The van der Waals surface area contributed by atoms with E-state index < -0.39 is 28.3 Å². The van der Waals surface area contributed by atoms with Crippen LogP contribution in [0.25, 0.3) is 0 Å². The molecule has 4 atom stereocenters. The Balaban J connectivity index is 2.02. The molecule has 2 N–H and O–H groups in total. The largest absolute Gasteiger partial charge is 0.487 e. The molecule has 9 nitrogen and oxygen atoms in total. The lowest BCUT2D eigenvalue weighted by atomic mass is 10.0. The number of likely N-dealkylation sites (N-methyl/N-ethyl adjacent to an activating group) is 1. The summed E-state index contributed by atoms with van der Waals surface area (Å²) < 4.78 is 34.5. The number of benzene rings is 1. The van der Waals surface area contributed by atoms with Crippen LogP contribution in [-0.4, -0.2) is 83.7 Å².